The number of nitrogens with zero attached hydrogens (tertiary/aromatic N) is 1. The number of nitrogens with one attached hydrogen (secondary N) is 1. The van der Waals surface area contributed by atoms with Gasteiger partial charge in [-0.05, 0) is 36.6 Å². The second-order valence-corrected chi connectivity index (χ2v) is 4.57. The van der Waals surface area contributed by atoms with Gasteiger partial charge in [0.05, 0.1) is 0 Å². The number of hydrogen-bond acceptors (Lipinski definition) is 2. The van der Waals surface area contributed by atoms with Crippen molar-refractivity contribution in [1.29, 1.82) is 0 Å². The highest BCUT2D eigenvalue weighted by Gasteiger charge is 2.29. The van der Waals surface area contributed by atoms with Crippen LogP contribution in [0.2, 0.25) is 0 Å². The number of hydrogen-bond donors (Lipinski definition) is 2. The van der Waals surface area contributed by atoms with Gasteiger partial charge in [0.25, 0.3) is 0 Å². The van der Waals surface area contributed by atoms with Crippen LogP contribution in [0.5, 0.6) is 0 Å². The Hall–Kier alpha value is -2.30. The predicted molar refractivity (Wildman–Crippen MR) is 72.9 cm³/mol. The fourth-order valence-electron chi connectivity index (χ4n) is 1.73. The summed E-state index contributed by atoms with van der Waals surface area (Å²) in [6, 6.07) is 7.28. The molecule has 2 rings (SSSR count). The van der Waals surface area contributed by atoms with Crippen molar-refractivity contribution in [3.63, 3.8) is 0 Å². The Morgan fingerprint density at radius 3 is 2.79 bits per heavy atom. The average Bonchev–Trinajstić information content (AvgIpc) is 3.20. The number of amides is 2. The maximum absolute atomic E-state index is 11.9. The summed E-state index contributed by atoms with van der Waals surface area (Å²) in [5.74, 6) is -0.997. The fourth-order valence-corrected chi connectivity index (χ4v) is 1.73. The Bertz CT molecular complexity index is 521. The number of benzene rings is 1. The molecule has 0 heterocycles. The lowest BCUT2D eigenvalue weighted by Crippen LogP contribution is -2.33. The quantitative estimate of drug-likeness (QED) is 0.817. The van der Waals surface area contributed by atoms with Crippen LogP contribution in [0.1, 0.15) is 18.4 Å². The van der Waals surface area contributed by atoms with Crippen LogP contribution in [-0.2, 0) is 4.79 Å². The van der Waals surface area contributed by atoms with Crippen LogP contribution in [0, 0.1) is 0 Å². The van der Waals surface area contributed by atoms with E-state index in [1.54, 1.807) is 36.2 Å². The zero-order valence-corrected chi connectivity index (χ0v) is 10.7. The van der Waals surface area contributed by atoms with Crippen molar-refractivity contribution in [2.24, 2.45) is 0 Å². The van der Waals surface area contributed by atoms with Gasteiger partial charge in [-0.1, -0.05) is 12.1 Å². The van der Waals surface area contributed by atoms with E-state index in [4.69, 9.17) is 5.11 Å². The molecular weight excluding hydrogens is 244 g/mol. The van der Waals surface area contributed by atoms with Gasteiger partial charge in [0, 0.05) is 24.9 Å². The number of aliphatic carboxylic acids is 1. The molecule has 1 aliphatic rings. The number of urea groups is 1. The summed E-state index contributed by atoms with van der Waals surface area (Å²) in [6.45, 7) is 0. The summed E-state index contributed by atoms with van der Waals surface area (Å²) in [6.07, 6.45) is 4.68. The first-order chi connectivity index (χ1) is 9.06. The van der Waals surface area contributed by atoms with Crippen LogP contribution in [0.3, 0.4) is 0 Å². The molecule has 0 bridgehead atoms. The van der Waals surface area contributed by atoms with E-state index in [9.17, 15) is 9.59 Å². The van der Waals surface area contributed by atoms with Crippen LogP contribution in [0.15, 0.2) is 30.3 Å². The molecule has 0 saturated heterocycles. The second kappa shape index (κ2) is 5.56. The van der Waals surface area contributed by atoms with E-state index in [0.717, 1.165) is 24.5 Å². The average molecular weight is 260 g/mol. The van der Waals surface area contributed by atoms with Gasteiger partial charge in [-0.2, -0.15) is 0 Å². The Labute approximate surface area is 111 Å². The van der Waals surface area contributed by atoms with Crippen LogP contribution >= 0.6 is 0 Å². The number of carboxylic acids is 1. The van der Waals surface area contributed by atoms with E-state index < -0.39 is 5.97 Å². The van der Waals surface area contributed by atoms with Crippen LogP contribution < -0.4 is 5.32 Å². The SMILES string of the molecule is CN(C(=O)Nc1cccc(/C=C/C(=O)O)c1)C1CC1. The molecule has 1 fully saturated rings. The van der Waals surface area contributed by atoms with E-state index in [1.165, 1.54) is 6.08 Å². The Kier molecular flexibility index (Phi) is 3.85. The Morgan fingerprint density at radius 2 is 2.16 bits per heavy atom. The second-order valence-electron chi connectivity index (χ2n) is 4.57. The Morgan fingerprint density at radius 1 is 1.42 bits per heavy atom. The normalized spacial score (nSPS) is 14.4. The van der Waals surface area contributed by atoms with E-state index in [2.05, 4.69) is 5.32 Å². The lowest BCUT2D eigenvalue weighted by molar-refractivity contribution is -0.131. The van der Waals surface area contributed by atoms with Crippen molar-refractivity contribution in [1.82, 2.24) is 4.90 Å². The standard InChI is InChI=1S/C14H16N2O3/c1-16(12-6-7-12)14(19)15-11-4-2-3-10(9-11)5-8-13(17)18/h2-5,8-9,12H,6-7H2,1H3,(H,15,19)(H,17,18)/b8-5+. The van der Waals surface area contributed by atoms with Gasteiger partial charge in [-0.3, -0.25) is 0 Å². The molecule has 2 N–H and O–H groups in total. The van der Waals surface area contributed by atoms with Gasteiger partial charge in [-0.15, -0.1) is 0 Å². The zero-order valence-electron chi connectivity index (χ0n) is 10.7. The van der Waals surface area contributed by atoms with Gasteiger partial charge in [0.2, 0.25) is 0 Å². The van der Waals surface area contributed by atoms with Crippen molar-refractivity contribution in [3.05, 3.63) is 35.9 Å². The van der Waals surface area contributed by atoms with E-state index in [-0.39, 0.29) is 6.03 Å². The molecule has 1 aliphatic carbocycles. The van der Waals surface area contributed by atoms with Gasteiger partial charge in [0.1, 0.15) is 0 Å². The maximum atomic E-state index is 11.9. The first-order valence-corrected chi connectivity index (χ1v) is 6.11. The monoisotopic (exact) mass is 260 g/mol. The summed E-state index contributed by atoms with van der Waals surface area (Å²) < 4.78 is 0. The molecule has 0 atom stereocenters. The molecule has 0 aromatic heterocycles. The molecule has 19 heavy (non-hydrogen) atoms. The molecule has 1 aromatic rings. The molecule has 0 aliphatic heterocycles. The number of carbonyl (C=O) groups excluding carboxylic acids is 1. The van der Waals surface area contributed by atoms with Gasteiger partial charge < -0.3 is 15.3 Å². The van der Waals surface area contributed by atoms with Gasteiger partial charge >= 0.3 is 12.0 Å². The van der Waals surface area contributed by atoms with E-state index >= 15 is 0 Å². The fraction of sp³-hybridized carbons (Fsp3) is 0.286. The topological polar surface area (TPSA) is 69.6 Å². The molecule has 5 nitrogen and oxygen atoms in total. The Balaban J connectivity index is 2.02. The molecule has 0 spiro atoms. The molecule has 0 radical (unpaired) electrons. The molecule has 1 aromatic carbocycles. The van der Waals surface area contributed by atoms with Crippen molar-refractivity contribution in [2.45, 2.75) is 18.9 Å². The van der Waals surface area contributed by atoms with Crippen molar-refractivity contribution < 1.29 is 14.7 Å². The summed E-state index contributed by atoms with van der Waals surface area (Å²) >= 11 is 0. The summed E-state index contributed by atoms with van der Waals surface area (Å²) in [7, 11) is 1.78. The molecule has 1 saturated carbocycles. The third-order valence-corrected chi connectivity index (χ3v) is 2.97. The van der Waals surface area contributed by atoms with E-state index in [0.29, 0.717) is 11.7 Å². The maximum Gasteiger partial charge on any atom is 0.328 e. The smallest absolute Gasteiger partial charge is 0.328 e. The highest BCUT2D eigenvalue weighted by molar-refractivity contribution is 5.90. The predicted octanol–water partition coefficient (Wildman–Crippen LogP) is 2.41. The number of carbonyl (C=O) groups is 2. The highest BCUT2D eigenvalue weighted by atomic mass is 16.4. The largest absolute Gasteiger partial charge is 0.478 e. The minimum absolute atomic E-state index is 0.137. The minimum Gasteiger partial charge on any atom is -0.478 e. The lowest BCUT2D eigenvalue weighted by atomic mass is 10.2. The summed E-state index contributed by atoms with van der Waals surface area (Å²) in [5, 5.41) is 11.4. The van der Waals surface area contributed by atoms with Crippen LogP contribution in [0.4, 0.5) is 10.5 Å². The van der Waals surface area contributed by atoms with E-state index in [1.807, 2.05) is 0 Å². The first-order valence-electron chi connectivity index (χ1n) is 6.11. The molecule has 0 unspecified atom stereocenters. The summed E-state index contributed by atoms with van der Waals surface area (Å²) in [5.41, 5.74) is 1.39. The van der Waals surface area contributed by atoms with Crippen LogP contribution in [0.25, 0.3) is 6.08 Å². The third-order valence-electron chi connectivity index (χ3n) is 2.97. The van der Waals surface area contributed by atoms with Crippen molar-refractivity contribution in [3.8, 4) is 0 Å². The molecule has 5 heteroatoms. The summed E-state index contributed by atoms with van der Waals surface area (Å²) in [4.78, 5) is 24.0. The molecule has 100 valence electrons. The minimum atomic E-state index is -0.997. The molecule has 2 amide bonds. The van der Waals surface area contributed by atoms with Gasteiger partial charge in [-0.25, -0.2) is 9.59 Å². The number of rotatable bonds is 4. The highest BCUT2D eigenvalue weighted by Crippen LogP contribution is 2.26. The first kappa shape index (κ1) is 13.1. The zero-order chi connectivity index (χ0) is 13.8. The lowest BCUT2D eigenvalue weighted by Gasteiger charge is -2.17. The van der Waals surface area contributed by atoms with Crippen molar-refractivity contribution in [2.75, 3.05) is 12.4 Å². The van der Waals surface area contributed by atoms with Gasteiger partial charge in [0.15, 0.2) is 0 Å². The third kappa shape index (κ3) is 3.84. The van der Waals surface area contributed by atoms with Crippen LogP contribution in [-0.4, -0.2) is 35.1 Å². The number of carboxylic acid groups (broad SMARTS) is 1. The number of anilines is 1. The molecular formula is C14H16N2O3. The van der Waals surface area contributed by atoms with Crippen molar-refractivity contribution >= 4 is 23.8 Å².